The highest BCUT2D eigenvalue weighted by atomic mass is 16.3. The molecule has 0 fully saturated rings. The van der Waals surface area contributed by atoms with Crippen molar-refractivity contribution in [1.82, 2.24) is 15.1 Å². The van der Waals surface area contributed by atoms with E-state index in [1.807, 2.05) is 11.6 Å². The molecule has 4 heteroatoms. The molecule has 1 aromatic heterocycles. The van der Waals surface area contributed by atoms with E-state index in [1.165, 1.54) is 11.1 Å². The molecular formula is C18H27N3O. The summed E-state index contributed by atoms with van der Waals surface area (Å²) >= 11 is 0. The number of nitrogens with one attached hydrogen (secondary N) is 1. The van der Waals surface area contributed by atoms with Gasteiger partial charge in [-0.05, 0) is 26.0 Å². The molecule has 4 nitrogen and oxygen atoms in total. The molecule has 0 aliphatic heterocycles. The van der Waals surface area contributed by atoms with Crippen LogP contribution in [0.1, 0.15) is 44.5 Å². The van der Waals surface area contributed by atoms with Crippen molar-refractivity contribution < 1.29 is 5.11 Å². The fourth-order valence-corrected chi connectivity index (χ4v) is 2.35. The molecule has 1 unspecified atom stereocenters. The Kier molecular flexibility index (Phi) is 5.04. The van der Waals surface area contributed by atoms with E-state index in [9.17, 15) is 0 Å². The quantitative estimate of drug-likeness (QED) is 0.892. The Morgan fingerprint density at radius 1 is 1.23 bits per heavy atom. The van der Waals surface area contributed by atoms with Crippen LogP contribution in [-0.4, -0.2) is 27.5 Å². The van der Waals surface area contributed by atoms with Crippen molar-refractivity contribution in [3.05, 3.63) is 47.3 Å². The molecule has 0 saturated heterocycles. The molecule has 0 saturated carbocycles. The van der Waals surface area contributed by atoms with E-state index in [0.29, 0.717) is 6.54 Å². The molecule has 1 atom stereocenters. The van der Waals surface area contributed by atoms with E-state index in [-0.39, 0.29) is 18.1 Å². The summed E-state index contributed by atoms with van der Waals surface area (Å²) in [7, 11) is 0. The highest BCUT2D eigenvalue weighted by Crippen LogP contribution is 2.25. The molecule has 22 heavy (non-hydrogen) atoms. The van der Waals surface area contributed by atoms with Crippen LogP contribution in [-0.2, 0) is 12.0 Å². The van der Waals surface area contributed by atoms with Gasteiger partial charge in [0.05, 0.1) is 18.0 Å². The van der Waals surface area contributed by atoms with Gasteiger partial charge in [-0.25, -0.2) is 4.68 Å². The number of benzene rings is 1. The molecule has 0 aliphatic carbocycles. The zero-order valence-electron chi connectivity index (χ0n) is 14.2. The zero-order chi connectivity index (χ0) is 16.3. The van der Waals surface area contributed by atoms with Gasteiger partial charge in [0.2, 0.25) is 0 Å². The molecular weight excluding hydrogens is 274 g/mol. The minimum absolute atomic E-state index is 0.0184. The van der Waals surface area contributed by atoms with Crippen molar-refractivity contribution >= 4 is 0 Å². The Bertz CT molecular complexity index is 608. The first-order valence-electron chi connectivity index (χ1n) is 7.81. The lowest BCUT2D eigenvalue weighted by atomic mass is 9.89. The van der Waals surface area contributed by atoms with Crippen LogP contribution >= 0.6 is 0 Å². The van der Waals surface area contributed by atoms with Crippen LogP contribution in [0.5, 0.6) is 0 Å². The second-order valence-electron chi connectivity index (χ2n) is 7.00. The van der Waals surface area contributed by atoms with Crippen LogP contribution < -0.4 is 5.32 Å². The molecule has 0 bridgehead atoms. The third-order valence-corrected chi connectivity index (χ3v) is 3.71. The summed E-state index contributed by atoms with van der Waals surface area (Å²) in [6.07, 6.45) is 2.09. The van der Waals surface area contributed by atoms with E-state index < -0.39 is 0 Å². The Balaban J connectivity index is 2.33. The molecule has 2 rings (SSSR count). The highest BCUT2D eigenvalue weighted by Gasteiger charge is 2.22. The van der Waals surface area contributed by atoms with Crippen molar-refractivity contribution in [2.45, 2.75) is 52.6 Å². The number of aliphatic hydroxyl groups is 1. The van der Waals surface area contributed by atoms with Gasteiger partial charge < -0.3 is 10.4 Å². The van der Waals surface area contributed by atoms with Crippen LogP contribution in [0.15, 0.2) is 30.5 Å². The summed E-state index contributed by atoms with van der Waals surface area (Å²) in [5.41, 5.74) is 4.55. The summed E-state index contributed by atoms with van der Waals surface area (Å²) in [5.74, 6) is 0. The first-order chi connectivity index (χ1) is 10.3. The number of hydrogen-bond donors (Lipinski definition) is 2. The van der Waals surface area contributed by atoms with Crippen molar-refractivity contribution in [3.63, 3.8) is 0 Å². The van der Waals surface area contributed by atoms with Crippen LogP contribution in [0.3, 0.4) is 0 Å². The van der Waals surface area contributed by atoms with E-state index in [1.54, 1.807) is 0 Å². The summed E-state index contributed by atoms with van der Waals surface area (Å²) in [6.45, 7) is 11.4. The van der Waals surface area contributed by atoms with Crippen LogP contribution in [0, 0.1) is 6.92 Å². The average Bonchev–Trinajstić information content (AvgIpc) is 2.90. The number of aromatic nitrogens is 2. The van der Waals surface area contributed by atoms with Gasteiger partial charge in [-0.2, -0.15) is 5.10 Å². The van der Waals surface area contributed by atoms with Crippen LogP contribution in [0.2, 0.25) is 0 Å². The smallest absolute Gasteiger partial charge is 0.0727 e. The second-order valence-corrected chi connectivity index (χ2v) is 7.00. The third-order valence-electron chi connectivity index (χ3n) is 3.71. The third kappa shape index (κ3) is 3.96. The molecule has 0 radical (unpaired) electrons. The van der Waals surface area contributed by atoms with Gasteiger partial charge in [0, 0.05) is 29.8 Å². The summed E-state index contributed by atoms with van der Waals surface area (Å²) in [4.78, 5) is 0. The molecule has 0 spiro atoms. The maximum Gasteiger partial charge on any atom is 0.0727 e. The van der Waals surface area contributed by atoms with Gasteiger partial charge in [0.15, 0.2) is 0 Å². The maximum atomic E-state index is 9.17. The number of hydrogen-bond acceptors (Lipinski definition) is 3. The van der Waals surface area contributed by atoms with E-state index in [4.69, 9.17) is 10.2 Å². The van der Waals surface area contributed by atoms with Crippen molar-refractivity contribution in [3.8, 4) is 5.69 Å². The summed E-state index contributed by atoms with van der Waals surface area (Å²) in [5, 5.41) is 17.3. The number of nitrogens with zero attached hydrogens (tertiary/aromatic N) is 2. The SMILES string of the molecule is Cc1ccc(-n2cc(CNC(C)CO)c(C(C)(C)C)n2)cc1. The van der Waals surface area contributed by atoms with Crippen molar-refractivity contribution in [1.29, 1.82) is 0 Å². The van der Waals surface area contributed by atoms with Crippen molar-refractivity contribution in [2.75, 3.05) is 6.61 Å². The molecule has 2 N–H and O–H groups in total. The topological polar surface area (TPSA) is 50.1 Å². The lowest BCUT2D eigenvalue weighted by Gasteiger charge is -2.18. The fraction of sp³-hybridized carbons (Fsp3) is 0.500. The first kappa shape index (κ1) is 16.7. The molecule has 0 aliphatic rings. The van der Waals surface area contributed by atoms with E-state index >= 15 is 0 Å². The van der Waals surface area contributed by atoms with E-state index in [2.05, 4.69) is 63.5 Å². The van der Waals surface area contributed by atoms with Gasteiger partial charge in [-0.1, -0.05) is 38.5 Å². The largest absolute Gasteiger partial charge is 0.395 e. The second kappa shape index (κ2) is 6.63. The zero-order valence-corrected chi connectivity index (χ0v) is 14.2. The molecule has 1 aromatic carbocycles. The van der Waals surface area contributed by atoms with Crippen LogP contribution in [0.25, 0.3) is 5.69 Å². The van der Waals surface area contributed by atoms with Gasteiger partial charge in [0.1, 0.15) is 0 Å². The predicted molar refractivity (Wildman–Crippen MR) is 90.4 cm³/mol. The number of rotatable bonds is 5. The Morgan fingerprint density at radius 2 is 1.86 bits per heavy atom. The monoisotopic (exact) mass is 301 g/mol. The Labute approximate surface area is 133 Å². The standard InChI is InChI=1S/C18H27N3O/c1-13-6-8-16(9-7-13)21-11-15(10-19-14(2)12-22)17(20-21)18(3,4)5/h6-9,11,14,19,22H,10,12H2,1-5H3. The Morgan fingerprint density at radius 3 is 2.41 bits per heavy atom. The minimum Gasteiger partial charge on any atom is -0.395 e. The lowest BCUT2D eigenvalue weighted by molar-refractivity contribution is 0.251. The van der Waals surface area contributed by atoms with Gasteiger partial charge in [-0.3, -0.25) is 0 Å². The van der Waals surface area contributed by atoms with E-state index in [0.717, 1.165) is 11.4 Å². The van der Waals surface area contributed by atoms with Gasteiger partial charge in [-0.15, -0.1) is 0 Å². The van der Waals surface area contributed by atoms with Gasteiger partial charge in [0.25, 0.3) is 0 Å². The molecule has 1 heterocycles. The summed E-state index contributed by atoms with van der Waals surface area (Å²) < 4.78 is 1.95. The predicted octanol–water partition coefficient (Wildman–Crippen LogP) is 2.95. The lowest BCUT2D eigenvalue weighted by Crippen LogP contribution is -2.29. The molecule has 0 amide bonds. The number of aliphatic hydroxyl groups excluding tert-OH is 1. The Hall–Kier alpha value is -1.65. The highest BCUT2D eigenvalue weighted by molar-refractivity contribution is 5.36. The first-order valence-corrected chi connectivity index (χ1v) is 7.81. The van der Waals surface area contributed by atoms with Crippen LogP contribution in [0.4, 0.5) is 0 Å². The number of aryl methyl sites for hydroxylation is 1. The maximum absolute atomic E-state index is 9.17. The minimum atomic E-state index is -0.0184. The molecule has 2 aromatic rings. The average molecular weight is 301 g/mol. The fourth-order valence-electron chi connectivity index (χ4n) is 2.35. The normalized spacial score (nSPS) is 13.4. The molecule has 120 valence electrons. The van der Waals surface area contributed by atoms with Gasteiger partial charge >= 0.3 is 0 Å². The van der Waals surface area contributed by atoms with Crippen molar-refractivity contribution in [2.24, 2.45) is 0 Å². The summed E-state index contributed by atoms with van der Waals surface area (Å²) in [6, 6.07) is 8.44.